The minimum absolute atomic E-state index is 0.209. The van der Waals surface area contributed by atoms with E-state index in [4.69, 9.17) is 9.29 Å². The van der Waals surface area contributed by atoms with E-state index in [1.807, 2.05) is 19.9 Å². The highest BCUT2D eigenvalue weighted by atomic mass is 32.2. The summed E-state index contributed by atoms with van der Waals surface area (Å²) in [7, 11) is -3.86. The highest BCUT2D eigenvalue weighted by molar-refractivity contribution is 7.85. The average molecular weight is 318 g/mol. The van der Waals surface area contributed by atoms with Gasteiger partial charge in [0.25, 0.3) is 10.1 Å². The number of hydrogen-bond donors (Lipinski definition) is 1. The fourth-order valence-corrected chi connectivity index (χ4v) is 2.48. The molecule has 0 radical (unpaired) electrons. The van der Waals surface area contributed by atoms with Crippen LogP contribution in [0.1, 0.15) is 51.0 Å². The molecule has 0 fully saturated rings. The lowest BCUT2D eigenvalue weighted by Gasteiger charge is -2.10. The van der Waals surface area contributed by atoms with E-state index in [9.17, 15) is 12.8 Å². The van der Waals surface area contributed by atoms with Gasteiger partial charge in [0.1, 0.15) is 0 Å². The Bertz CT molecular complexity index is 541. The quantitative estimate of drug-likeness (QED) is 0.556. The Hall–Kier alpha value is -1.14. The van der Waals surface area contributed by atoms with Gasteiger partial charge >= 0.3 is 0 Å². The Labute approximate surface area is 126 Å². The maximum atomic E-state index is 13.8. The van der Waals surface area contributed by atoms with Crippen molar-refractivity contribution in [2.24, 2.45) is 0 Å². The molecule has 0 spiro atoms. The fraction of sp³-hybridized carbons (Fsp3) is 0.600. The average Bonchev–Trinajstić information content (AvgIpc) is 2.37. The Morgan fingerprint density at radius 3 is 2.43 bits per heavy atom. The monoisotopic (exact) mass is 318 g/mol. The summed E-state index contributed by atoms with van der Waals surface area (Å²) in [5.74, 6) is -0.0413. The lowest BCUT2D eigenvalue weighted by molar-refractivity contribution is 0.290. The molecule has 0 unspecified atom stereocenters. The molecule has 1 N–H and O–H groups in total. The predicted molar refractivity (Wildman–Crippen MR) is 80.9 cm³/mol. The van der Waals surface area contributed by atoms with Crippen LogP contribution in [0.5, 0.6) is 5.75 Å². The third-order valence-corrected chi connectivity index (χ3v) is 3.98. The highest BCUT2D eigenvalue weighted by Gasteiger charge is 2.07. The minimum Gasteiger partial charge on any atom is -0.491 e. The van der Waals surface area contributed by atoms with E-state index < -0.39 is 10.1 Å². The van der Waals surface area contributed by atoms with E-state index in [-0.39, 0.29) is 23.2 Å². The Balaban J connectivity index is 2.24. The second kappa shape index (κ2) is 8.34. The molecule has 0 aromatic heterocycles. The van der Waals surface area contributed by atoms with Crippen molar-refractivity contribution in [3.8, 4) is 5.75 Å². The van der Waals surface area contributed by atoms with Crippen LogP contribution in [0.15, 0.2) is 18.2 Å². The van der Waals surface area contributed by atoms with Crippen LogP contribution in [-0.2, 0) is 10.1 Å². The van der Waals surface area contributed by atoms with Crippen molar-refractivity contribution >= 4 is 10.1 Å². The Morgan fingerprint density at radius 1 is 1.19 bits per heavy atom. The molecule has 1 rings (SSSR count). The predicted octanol–water partition coefficient (Wildman–Crippen LogP) is 3.78. The number of unbranched alkanes of at least 4 members (excludes halogenated alkanes) is 3. The summed E-state index contributed by atoms with van der Waals surface area (Å²) in [6.45, 7) is 4.40. The summed E-state index contributed by atoms with van der Waals surface area (Å²) >= 11 is 0. The van der Waals surface area contributed by atoms with E-state index in [0.29, 0.717) is 19.4 Å². The zero-order valence-electron chi connectivity index (χ0n) is 12.5. The maximum Gasteiger partial charge on any atom is 0.264 e. The molecule has 0 saturated heterocycles. The van der Waals surface area contributed by atoms with Crippen molar-refractivity contribution in [3.05, 3.63) is 29.6 Å². The first-order valence-electron chi connectivity index (χ1n) is 7.17. The van der Waals surface area contributed by atoms with Gasteiger partial charge in [0.15, 0.2) is 11.6 Å². The summed E-state index contributed by atoms with van der Waals surface area (Å²) in [5, 5.41) is 0. The molecular formula is C15H23FO4S. The molecule has 21 heavy (non-hydrogen) atoms. The SMILES string of the molecule is CC(C)c1ccc(OCCCCCCS(=O)(=O)O)c(F)c1. The standard InChI is InChI=1S/C15H23FO4S/c1-12(2)13-7-8-15(14(16)11-13)20-9-5-3-4-6-10-21(17,18)19/h7-8,11-12H,3-6,9-10H2,1-2H3,(H,17,18,19). The van der Waals surface area contributed by atoms with Crippen LogP contribution in [0.2, 0.25) is 0 Å². The normalized spacial score (nSPS) is 11.9. The summed E-state index contributed by atoms with van der Waals surface area (Å²) < 4.78 is 48.7. The first-order valence-corrected chi connectivity index (χ1v) is 8.78. The number of rotatable bonds is 9. The van der Waals surface area contributed by atoms with Gasteiger partial charge < -0.3 is 4.74 Å². The van der Waals surface area contributed by atoms with Gasteiger partial charge in [-0.3, -0.25) is 4.55 Å². The second-order valence-corrected chi connectivity index (χ2v) is 6.97. The first-order chi connectivity index (χ1) is 9.79. The zero-order valence-corrected chi connectivity index (χ0v) is 13.3. The first kappa shape index (κ1) is 17.9. The molecule has 1 aromatic carbocycles. The van der Waals surface area contributed by atoms with Gasteiger partial charge in [-0.25, -0.2) is 4.39 Å². The van der Waals surface area contributed by atoms with Crippen molar-refractivity contribution in [1.82, 2.24) is 0 Å². The van der Waals surface area contributed by atoms with E-state index in [1.165, 1.54) is 6.07 Å². The van der Waals surface area contributed by atoms with Crippen molar-refractivity contribution < 1.29 is 22.1 Å². The van der Waals surface area contributed by atoms with Crippen LogP contribution in [0.25, 0.3) is 0 Å². The number of benzene rings is 1. The fourth-order valence-electron chi connectivity index (χ4n) is 1.92. The Kier molecular flexibility index (Phi) is 7.11. The largest absolute Gasteiger partial charge is 0.491 e. The lowest BCUT2D eigenvalue weighted by Crippen LogP contribution is -2.04. The molecule has 0 saturated carbocycles. The number of halogens is 1. The Morgan fingerprint density at radius 2 is 1.86 bits per heavy atom. The van der Waals surface area contributed by atoms with E-state index in [2.05, 4.69) is 0 Å². The molecule has 120 valence electrons. The van der Waals surface area contributed by atoms with Gasteiger partial charge in [-0.1, -0.05) is 32.8 Å². The third-order valence-electron chi connectivity index (χ3n) is 3.18. The molecule has 6 heteroatoms. The summed E-state index contributed by atoms with van der Waals surface area (Å²) in [6, 6.07) is 4.99. The number of hydrogen-bond acceptors (Lipinski definition) is 3. The third kappa shape index (κ3) is 7.43. The zero-order chi connectivity index (χ0) is 15.9. The molecule has 0 aliphatic rings. The van der Waals surface area contributed by atoms with Crippen LogP contribution in [0, 0.1) is 5.82 Å². The van der Waals surface area contributed by atoms with Crippen LogP contribution >= 0.6 is 0 Å². The maximum absolute atomic E-state index is 13.8. The molecule has 4 nitrogen and oxygen atoms in total. The van der Waals surface area contributed by atoms with Gasteiger partial charge in [-0.2, -0.15) is 8.42 Å². The topological polar surface area (TPSA) is 63.6 Å². The summed E-state index contributed by atoms with van der Waals surface area (Å²) in [6.07, 6.45) is 2.62. The molecule has 0 atom stereocenters. The lowest BCUT2D eigenvalue weighted by atomic mass is 10.0. The van der Waals surface area contributed by atoms with Gasteiger partial charge in [-0.15, -0.1) is 0 Å². The van der Waals surface area contributed by atoms with Gasteiger partial charge in [0.05, 0.1) is 12.4 Å². The summed E-state index contributed by atoms with van der Waals surface area (Å²) in [4.78, 5) is 0. The van der Waals surface area contributed by atoms with E-state index in [0.717, 1.165) is 18.4 Å². The van der Waals surface area contributed by atoms with Gasteiger partial charge in [0, 0.05) is 0 Å². The molecule has 0 heterocycles. The molecule has 1 aromatic rings. The molecular weight excluding hydrogens is 295 g/mol. The van der Waals surface area contributed by atoms with Gasteiger partial charge in [0.2, 0.25) is 0 Å². The summed E-state index contributed by atoms with van der Waals surface area (Å²) in [5.41, 5.74) is 0.935. The van der Waals surface area contributed by atoms with Crippen LogP contribution < -0.4 is 4.74 Å². The van der Waals surface area contributed by atoms with Crippen molar-refractivity contribution in [1.29, 1.82) is 0 Å². The smallest absolute Gasteiger partial charge is 0.264 e. The second-order valence-electron chi connectivity index (χ2n) is 5.39. The van der Waals surface area contributed by atoms with E-state index in [1.54, 1.807) is 6.07 Å². The van der Waals surface area contributed by atoms with Gasteiger partial charge in [-0.05, 0) is 36.5 Å². The molecule has 0 aliphatic heterocycles. The van der Waals surface area contributed by atoms with Crippen LogP contribution in [0.3, 0.4) is 0 Å². The van der Waals surface area contributed by atoms with Crippen molar-refractivity contribution in [2.75, 3.05) is 12.4 Å². The number of ether oxygens (including phenoxy) is 1. The van der Waals surface area contributed by atoms with Crippen molar-refractivity contribution in [3.63, 3.8) is 0 Å². The molecule has 0 aliphatic carbocycles. The molecule has 0 amide bonds. The van der Waals surface area contributed by atoms with E-state index >= 15 is 0 Å². The van der Waals surface area contributed by atoms with Crippen molar-refractivity contribution in [2.45, 2.75) is 45.4 Å². The highest BCUT2D eigenvalue weighted by Crippen LogP contribution is 2.23. The van der Waals surface area contributed by atoms with Crippen LogP contribution in [0.4, 0.5) is 4.39 Å². The molecule has 0 bridgehead atoms. The van der Waals surface area contributed by atoms with Crippen LogP contribution in [-0.4, -0.2) is 25.3 Å². The minimum atomic E-state index is -3.86.